The number of amides is 1. The molecule has 1 fully saturated rings. The third-order valence-corrected chi connectivity index (χ3v) is 5.62. The molecule has 0 saturated heterocycles. The normalized spacial score (nSPS) is 14.0. The summed E-state index contributed by atoms with van der Waals surface area (Å²) in [6.07, 6.45) is 10.5. The summed E-state index contributed by atoms with van der Waals surface area (Å²) in [6, 6.07) is 1.62. The number of nitrogens with one attached hydrogen (secondary N) is 1. The van der Waals surface area contributed by atoms with Crippen LogP contribution in [-0.2, 0) is 11.3 Å². The Morgan fingerprint density at radius 1 is 1.20 bits per heavy atom. The van der Waals surface area contributed by atoms with Gasteiger partial charge in [-0.25, -0.2) is 0 Å². The lowest BCUT2D eigenvalue weighted by molar-refractivity contribution is -0.122. The summed E-state index contributed by atoms with van der Waals surface area (Å²) >= 11 is 1.46. The van der Waals surface area contributed by atoms with E-state index in [0.29, 0.717) is 23.7 Å². The monoisotopic (exact) mass is 368 g/mol. The number of carbonyl (C=O) groups excluding carboxylic acids is 1. The predicted octanol–water partition coefficient (Wildman–Crippen LogP) is 4.27. The van der Waals surface area contributed by atoms with Gasteiger partial charge in [-0.3, -0.25) is 9.36 Å². The topological polar surface area (TPSA) is 74.5 Å². The van der Waals surface area contributed by atoms with Crippen LogP contribution in [0.3, 0.4) is 0 Å². The fourth-order valence-electron chi connectivity index (χ4n) is 2.88. The SMILES string of the molecule is CCCCCCCCCn1c(O)cc(SCCNC(=O)C2CC2)c1O. The molecule has 1 aromatic heterocycles. The number of hydrogen-bond donors (Lipinski definition) is 3. The van der Waals surface area contributed by atoms with Crippen LogP contribution in [0.2, 0.25) is 0 Å². The van der Waals surface area contributed by atoms with Crippen molar-refractivity contribution in [2.45, 2.75) is 76.2 Å². The highest BCUT2D eigenvalue weighted by atomic mass is 32.2. The summed E-state index contributed by atoms with van der Waals surface area (Å²) in [6.45, 7) is 3.45. The first kappa shape index (κ1) is 20.0. The number of rotatable bonds is 13. The molecule has 1 heterocycles. The number of aromatic hydroxyl groups is 2. The predicted molar refractivity (Wildman–Crippen MR) is 102 cm³/mol. The highest BCUT2D eigenvalue weighted by molar-refractivity contribution is 7.99. The largest absolute Gasteiger partial charge is 0.494 e. The second-order valence-electron chi connectivity index (χ2n) is 6.88. The van der Waals surface area contributed by atoms with Crippen molar-refractivity contribution in [3.05, 3.63) is 6.07 Å². The molecule has 1 amide bonds. The average molecular weight is 369 g/mol. The van der Waals surface area contributed by atoms with E-state index in [1.54, 1.807) is 10.6 Å². The van der Waals surface area contributed by atoms with Gasteiger partial charge in [0.25, 0.3) is 0 Å². The molecule has 0 spiro atoms. The summed E-state index contributed by atoms with van der Waals surface area (Å²) in [5.74, 6) is 1.32. The van der Waals surface area contributed by atoms with E-state index in [4.69, 9.17) is 0 Å². The smallest absolute Gasteiger partial charge is 0.223 e. The van der Waals surface area contributed by atoms with Crippen molar-refractivity contribution in [2.75, 3.05) is 12.3 Å². The Balaban J connectivity index is 1.65. The molecule has 2 rings (SSSR count). The third-order valence-electron chi connectivity index (χ3n) is 4.61. The number of thioether (sulfide) groups is 1. The summed E-state index contributed by atoms with van der Waals surface area (Å²) < 4.78 is 1.58. The molecule has 5 nitrogen and oxygen atoms in total. The summed E-state index contributed by atoms with van der Waals surface area (Å²) in [4.78, 5) is 12.2. The van der Waals surface area contributed by atoms with Crippen LogP contribution in [0.5, 0.6) is 11.8 Å². The Morgan fingerprint density at radius 3 is 2.56 bits per heavy atom. The minimum atomic E-state index is 0.119. The van der Waals surface area contributed by atoms with Crippen LogP contribution < -0.4 is 5.32 Å². The summed E-state index contributed by atoms with van der Waals surface area (Å²) in [7, 11) is 0. The fraction of sp³-hybridized carbons (Fsp3) is 0.737. The van der Waals surface area contributed by atoms with Gasteiger partial charge in [-0.15, -0.1) is 11.8 Å². The van der Waals surface area contributed by atoms with Crippen molar-refractivity contribution < 1.29 is 15.0 Å². The van der Waals surface area contributed by atoms with Crippen LogP contribution in [0.1, 0.15) is 64.7 Å². The van der Waals surface area contributed by atoms with Gasteiger partial charge >= 0.3 is 0 Å². The van der Waals surface area contributed by atoms with Gasteiger partial charge in [-0.05, 0) is 19.3 Å². The van der Waals surface area contributed by atoms with Crippen molar-refractivity contribution in [1.82, 2.24) is 9.88 Å². The number of carbonyl (C=O) groups is 1. The zero-order chi connectivity index (χ0) is 18.1. The molecule has 0 unspecified atom stereocenters. The van der Waals surface area contributed by atoms with E-state index in [1.807, 2.05) is 0 Å². The molecule has 1 aliphatic rings. The minimum Gasteiger partial charge on any atom is -0.494 e. The Labute approximate surface area is 155 Å². The first-order valence-electron chi connectivity index (χ1n) is 9.65. The van der Waals surface area contributed by atoms with Crippen LogP contribution >= 0.6 is 11.8 Å². The lowest BCUT2D eigenvalue weighted by Crippen LogP contribution is -2.26. The Hall–Kier alpha value is -1.30. The zero-order valence-electron chi connectivity index (χ0n) is 15.3. The molecule has 6 heteroatoms. The van der Waals surface area contributed by atoms with E-state index in [2.05, 4.69) is 12.2 Å². The number of unbranched alkanes of at least 4 members (excludes halogenated alkanes) is 6. The van der Waals surface area contributed by atoms with E-state index < -0.39 is 0 Å². The zero-order valence-corrected chi connectivity index (χ0v) is 16.1. The van der Waals surface area contributed by atoms with Crippen LogP contribution in [-0.4, -0.2) is 33.0 Å². The second-order valence-corrected chi connectivity index (χ2v) is 8.01. The van der Waals surface area contributed by atoms with E-state index in [0.717, 1.165) is 25.7 Å². The van der Waals surface area contributed by atoms with Crippen LogP contribution in [0.15, 0.2) is 11.0 Å². The quantitative estimate of drug-likeness (QED) is 0.359. The van der Waals surface area contributed by atoms with Gasteiger partial charge in [-0.1, -0.05) is 45.4 Å². The standard InChI is InChI=1S/C19H32N2O3S/c1-2-3-4-5-6-7-8-12-21-17(22)14-16(19(21)24)25-13-11-20-18(23)15-9-10-15/h14-15,22,24H,2-13H2,1H3,(H,20,23). The van der Waals surface area contributed by atoms with E-state index >= 15 is 0 Å². The van der Waals surface area contributed by atoms with Crippen LogP contribution in [0.4, 0.5) is 0 Å². The molecule has 3 N–H and O–H groups in total. The van der Waals surface area contributed by atoms with E-state index in [9.17, 15) is 15.0 Å². The maximum Gasteiger partial charge on any atom is 0.223 e. The van der Waals surface area contributed by atoms with Crippen LogP contribution in [0, 0.1) is 5.92 Å². The molecule has 1 aliphatic carbocycles. The first-order valence-corrected chi connectivity index (χ1v) is 10.6. The Kier molecular flexibility index (Phi) is 8.52. The molecule has 0 aliphatic heterocycles. The average Bonchev–Trinajstić information content (AvgIpc) is 3.40. The molecule has 1 aromatic rings. The molecular weight excluding hydrogens is 336 g/mol. The van der Waals surface area contributed by atoms with E-state index in [-0.39, 0.29) is 23.6 Å². The molecule has 1 saturated carbocycles. The van der Waals surface area contributed by atoms with Gasteiger partial charge in [0, 0.05) is 30.8 Å². The van der Waals surface area contributed by atoms with Crippen LogP contribution in [0.25, 0.3) is 0 Å². The Morgan fingerprint density at radius 2 is 1.88 bits per heavy atom. The summed E-state index contributed by atoms with van der Waals surface area (Å²) in [5.41, 5.74) is 0. The lowest BCUT2D eigenvalue weighted by atomic mass is 10.1. The van der Waals surface area contributed by atoms with Gasteiger partial charge in [0.1, 0.15) is 0 Å². The molecule has 0 bridgehead atoms. The van der Waals surface area contributed by atoms with Crippen molar-refractivity contribution in [3.8, 4) is 11.8 Å². The van der Waals surface area contributed by atoms with Gasteiger partial charge < -0.3 is 15.5 Å². The molecule has 0 aromatic carbocycles. The lowest BCUT2D eigenvalue weighted by Gasteiger charge is -2.07. The fourth-order valence-corrected chi connectivity index (χ4v) is 3.73. The molecule has 0 radical (unpaired) electrons. The Bertz CT molecular complexity index is 541. The van der Waals surface area contributed by atoms with E-state index in [1.165, 1.54) is 43.9 Å². The maximum atomic E-state index is 11.6. The van der Waals surface area contributed by atoms with Crippen molar-refractivity contribution in [3.63, 3.8) is 0 Å². The molecule has 25 heavy (non-hydrogen) atoms. The first-order chi connectivity index (χ1) is 12.1. The molecule has 142 valence electrons. The number of hydrogen-bond acceptors (Lipinski definition) is 4. The maximum absolute atomic E-state index is 11.6. The second kappa shape index (κ2) is 10.6. The minimum absolute atomic E-state index is 0.119. The van der Waals surface area contributed by atoms with Gasteiger partial charge in [0.15, 0.2) is 5.88 Å². The highest BCUT2D eigenvalue weighted by Crippen LogP contribution is 2.35. The molecular formula is C19H32N2O3S. The highest BCUT2D eigenvalue weighted by Gasteiger charge is 2.29. The van der Waals surface area contributed by atoms with Gasteiger partial charge in [0.05, 0.1) is 4.90 Å². The van der Waals surface area contributed by atoms with Gasteiger partial charge in [0.2, 0.25) is 11.8 Å². The van der Waals surface area contributed by atoms with Crippen molar-refractivity contribution in [2.24, 2.45) is 5.92 Å². The number of nitrogens with zero attached hydrogens (tertiary/aromatic N) is 1. The molecule has 0 atom stereocenters. The number of aromatic nitrogens is 1. The van der Waals surface area contributed by atoms with Crippen molar-refractivity contribution in [1.29, 1.82) is 0 Å². The van der Waals surface area contributed by atoms with Crippen molar-refractivity contribution >= 4 is 17.7 Å². The van der Waals surface area contributed by atoms with Gasteiger partial charge in [-0.2, -0.15) is 0 Å². The summed E-state index contributed by atoms with van der Waals surface area (Å²) in [5, 5.41) is 23.2. The third kappa shape index (κ3) is 6.84.